The van der Waals surface area contributed by atoms with E-state index in [-0.39, 0.29) is 24.8 Å². The Morgan fingerprint density at radius 1 is 1.32 bits per heavy atom. The average Bonchev–Trinajstić information content (AvgIpc) is 2.58. The van der Waals surface area contributed by atoms with Gasteiger partial charge in [0.1, 0.15) is 0 Å². The maximum atomic E-state index is 12.1. The zero-order chi connectivity index (χ0) is 14.0. The summed E-state index contributed by atoms with van der Waals surface area (Å²) in [4.78, 5) is 25.2. The molecule has 0 aromatic heterocycles. The van der Waals surface area contributed by atoms with E-state index in [1.807, 2.05) is 30.3 Å². The van der Waals surface area contributed by atoms with Crippen molar-refractivity contribution in [1.29, 1.82) is 5.26 Å². The summed E-state index contributed by atoms with van der Waals surface area (Å²) in [5.41, 5.74) is 0.184. The van der Waals surface area contributed by atoms with Gasteiger partial charge in [-0.3, -0.25) is 14.5 Å². The number of rotatable bonds is 3. The number of carbonyl (C=O) groups excluding carboxylic acids is 2. The van der Waals surface area contributed by atoms with Crippen LogP contribution >= 0.6 is 0 Å². The van der Waals surface area contributed by atoms with Crippen LogP contribution in [0.3, 0.4) is 0 Å². The summed E-state index contributed by atoms with van der Waals surface area (Å²) >= 11 is 0. The summed E-state index contributed by atoms with van der Waals surface area (Å²) in [6, 6.07) is 11.4. The van der Waals surface area contributed by atoms with E-state index in [4.69, 9.17) is 0 Å². The van der Waals surface area contributed by atoms with Gasteiger partial charge in [0, 0.05) is 13.0 Å². The molecule has 4 nitrogen and oxygen atoms in total. The first-order valence-electron chi connectivity index (χ1n) is 6.25. The zero-order valence-corrected chi connectivity index (χ0v) is 11.1. The summed E-state index contributed by atoms with van der Waals surface area (Å²) < 4.78 is 0. The van der Waals surface area contributed by atoms with Gasteiger partial charge >= 0.3 is 0 Å². The van der Waals surface area contributed by atoms with Crippen LogP contribution in [0.2, 0.25) is 0 Å². The maximum Gasteiger partial charge on any atom is 0.235 e. The van der Waals surface area contributed by atoms with E-state index in [2.05, 4.69) is 6.07 Å². The summed E-state index contributed by atoms with van der Waals surface area (Å²) in [5.74, 6) is -0.845. The van der Waals surface area contributed by atoms with E-state index in [0.717, 1.165) is 5.56 Å². The first-order valence-corrected chi connectivity index (χ1v) is 6.25. The molecule has 0 saturated carbocycles. The van der Waals surface area contributed by atoms with E-state index in [1.54, 1.807) is 13.8 Å². The minimum absolute atomic E-state index is 0.140. The molecule has 1 aliphatic rings. The molecule has 0 N–H and O–H groups in total. The fourth-order valence-electron chi connectivity index (χ4n) is 2.30. The molecule has 1 saturated heterocycles. The highest BCUT2D eigenvalue weighted by atomic mass is 16.2. The van der Waals surface area contributed by atoms with Gasteiger partial charge in [-0.05, 0) is 5.56 Å². The van der Waals surface area contributed by atoms with Crippen molar-refractivity contribution >= 4 is 11.8 Å². The van der Waals surface area contributed by atoms with Crippen LogP contribution in [0.15, 0.2) is 30.3 Å². The molecule has 2 amide bonds. The molecular formula is C15H16N2O2. The lowest BCUT2D eigenvalue weighted by Gasteiger charge is -2.20. The fraction of sp³-hybridized carbons (Fsp3) is 0.400. The lowest BCUT2D eigenvalue weighted by molar-refractivity contribution is -0.140. The zero-order valence-electron chi connectivity index (χ0n) is 11.1. The summed E-state index contributed by atoms with van der Waals surface area (Å²) in [6.07, 6.45) is 0.221. The van der Waals surface area contributed by atoms with Crippen molar-refractivity contribution in [2.24, 2.45) is 5.41 Å². The van der Waals surface area contributed by atoms with Crippen LogP contribution in [0.4, 0.5) is 0 Å². The molecule has 0 spiro atoms. The molecule has 1 unspecified atom stereocenters. The first-order chi connectivity index (χ1) is 8.95. The van der Waals surface area contributed by atoms with Crippen molar-refractivity contribution in [3.8, 4) is 6.07 Å². The van der Waals surface area contributed by atoms with Crippen LogP contribution in [0.5, 0.6) is 0 Å². The lowest BCUT2D eigenvalue weighted by Crippen LogP contribution is -2.36. The van der Waals surface area contributed by atoms with Crippen LogP contribution in [0, 0.1) is 16.7 Å². The molecule has 1 aromatic rings. The van der Waals surface area contributed by atoms with Crippen LogP contribution in [0.1, 0.15) is 31.7 Å². The topological polar surface area (TPSA) is 61.2 Å². The Bertz CT molecular complexity index is 543. The molecule has 1 fully saturated rings. The second-order valence-corrected chi connectivity index (χ2v) is 5.46. The Morgan fingerprint density at radius 3 is 2.42 bits per heavy atom. The summed E-state index contributed by atoms with van der Waals surface area (Å²) in [7, 11) is 0. The van der Waals surface area contributed by atoms with Gasteiger partial charge in [-0.15, -0.1) is 0 Å². The number of amides is 2. The number of hydrogen-bond donors (Lipinski definition) is 0. The fourth-order valence-corrected chi connectivity index (χ4v) is 2.30. The predicted molar refractivity (Wildman–Crippen MR) is 69.9 cm³/mol. The molecular weight excluding hydrogens is 240 g/mol. The Kier molecular flexibility index (Phi) is 3.39. The van der Waals surface area contributed by atoms with Crippen molar-refractivity contribution in [2.45, 2.75) is 26.2 Å². The minimum Gasteiger partial charge on any atom is -0.280 e. The number of nitrogens with zero attached hydrogens (tertiary/aromatic N) is 2. The van der Waals surface area contributed by atoms with Gasteiger partial charge < -0.3 is 0 Å². The molecule has 0 bridgehead atoms. The molecule has 19 heavy (non-hydrogen) atoms. The SMILES string of the molecule is CC1(C)CC(=O)N(CC(C#N)c2ccccc2)C1=O. The molecule has 0 radical (unpaired) electrons. The molecule has 2 rings (SSSR count). The third-order valence-electron chi connectivity index (χ3n) is 3.44. The van der Waals surface area contributed by atoms with Gasteiger partial charge in [0.25, 0.3) is 0 Å². The highest BCUT2D eigenvalue weighted by molar-refractivity contribution is 6.05. The highest BCUT2D eigenvalue weighted by Crippen LogP contribution is 2.33. The van der Waals surface area contributed by atoms with E-state index in [9.17, 15) is 14.9 Å². The molecule has 1 aliphatic heterocycles. The first kappa shape index (κ1) is 13.3. The van der Waals surface area contributed by atoms with Gasteiger partial charge in [0.2, 0.25) is 11.8 Å². The quantitative estimate of drug-likeness (QED) is 0.778. The second kappa shape index (κ2) is 4.85. The van der Waals surface area contributed by atoms with Crippen LogP contribution in [-0.2, 0) is 9.59 Å². The van der Waals surface area contributed by atoms with Gasteiger partial charge in [-0.25, -0.2) is 0 Å². The molecule has 98 valence electrons. The van der Waals surface area contributed by atoms with Crippen molar-refractivity contribution in [2.75, 3.05) is 6.54 Å². The highest BCUT2D eigenvalue weighted by Gasteiger charge is 2.45. The van der Waals surface area contributed by atoms with Gasteiger partial charge in [-0.1, -0.05) is 44.2 Å². The molecule has 0 aliphatic carbocycles. The average molecular weight is 256 g/mol. The Hall–Kier alpha value is -2.15. The Labute approximate surface area is 112 Å². The third kappa shape index (κ3) is 2.50. The normalized spacial score (nSPS) is 19.3. The van der Waals surface area contributed by atoms with E-state index in [0.29, 0.717) is 0 Å². The van der Waals surface area contributed by atoms with Gasteiger partial charge in [0.05, 0.1) is 17.4 Å². The number of nitriles is 1. The van der Waals surface area contributed by atoms with Crippen molar-refractivity contribution < 1.29 is 9.59 Å². The maximum absolute atomic E-state index is 12.1. The van der Waals surface area contributed by atoms with Crippen molar-refractivity contribution in [1.82, 2.24) is 4.90 Å². The van der Waals surface area contributed by atoms with Gasteiger partial charge in [0.15, 0.2) is 0 Å². The van der Waals surface area contributed by atoms with Crippen molar-refractivity contribution in [3.05, 3.63) is 35.9 Å². The van der Waals surface area contributed by atoms with Crippen LogP contribution < -0.4 is 0 Å². The molecule has 4 heteroatoms. The monoisotopic (exact) mass is 256 g/mol. The summed E-state index contributed by atoms with van der Waals surface area (Å²) in [5, 5.41) is 9.24. The van der Waals surface area contributed by atoms with Crippen molar-refractivity contribution in [3.63, 3.8) is 0 Å². The standard InChI is InChI=1S/C15H16N2O2/c1-15(2)8-13(18)17(14(15)19)10-12(9-16)11-6-4-3-5-7-11/h3-7,12H,8,10H2,1-2H3. The largest absolute Gasteiger partial charge is 0.280 e. The third-order valence-corrected chi connectivity index (χ3v) is 3.44. The van der Waals surface area contributed by atoms with Crippen LogP contribution in [-0.4, -0.2) is 23.3 Å². The van der Waals surface area contributed by atoms with Gasteiger partial charge in [-0.2, -0.15) is 5.26 Å². The lowest BCUT2D eigenvalue weighted by atomic mass is 9.92. The van der Waals surface area contributed by atoms with E-state index < -0.39 is 11.3 Å². The van der Waals surface area contributed by atoms with Crippen LogP contribution in [0.25, 0.3) is 0 Å². The minimum atomic E-state index is -0.645. The second-order valence-electron chi connectivity index (χ2n) is 5.46. The number of benzene rings is 1. The Morgan fingerprint density at radius 2 is 1.95 bits per heavy atom. The number of likely N-dealkylation sites (tertiary alicyclic amines) is 1. The molecule has 1 aromatic carbocycles. The van der Waals surface area contributed by atoms with E-state index >= 15 is 0 Å². The molecule has 1 atom stereocenters. The predicted octanol–water partition coefficient (Wildman–Crippen LogP) is 2.08. The smallest absolute Gasteiger partial charge is 0.235 e. The number of hydrogen-bond acceptors (Lipinski definition) is 3. The number of imide groups is 1. The molecule has 1 heterocycles. The number of carbonyl (C=O) groups is 2. The summed E-state index contributed by atoms with van der Waals surface area (Å²) in [6.45, 7) is 3.66. The van der Waals surface area contributed by atoms with E-state index in [1.165, 1.54) is 4.90 Å². The Balaban J connectivity index is 2.19.